The van der Waals surface area contributed by atoms with E-state index in [-0.39, 0.29) is 32.2 Å². The van der Waals surface area contributed by atoms with Crippen molar-refractivity contribution in [2.75, 3.05) is 23.9 Å². The number of anilines is 1. The average molecular weight is 760 g/mol. The number of nitrogens with one attached hydrogen (secondary N) is 2. The molecule has 0 aliphatic heterocycles. The van der Waals surface area contributed by atoms with Gasteiger partial charge in [-0.1, -0.05) is 0 Å². The van der Waals surface area contributed by atoms with Crippen LogP contribution in [0, 0.1) is 0 Å². The average Bonchev–Trinajstić information content (AvgIpc) is 3.54. The summed E-state index contributed by atoms with van der Waals surface area (Å²) in [6.07, 6.45) is 4.46. The van der Waals surface area contributed by atoms with Crippen molar-refractivity contribution < 1.29 is 51.0 Å². The van der Waals surface area contributed by atoms with Crippen molar-refractivity contribution in [3.05, 3.63) is 35.7 Å². The van der Waals surface area contributed by atoms with Crippen LogP contribution in [0.1, 0.15) is 13.8 Å². The molecule has 43 heavy (non-hydrogen) atoms. The van der Waals surface area contributed by atoms with Crippen molar-refractivity contribution in [2.45, 2.75) is 39.5 Å². The van der Waals surface area contributed by atoms with E-state index in [0.717, 1.165) is 7.11 Å². The second-order valence-electron chi connectivity index (χ2n) is 8.85. The number of aromatic amines is 1. The lowest BCUT2D eigenvalue weighted by Gasteiger charge is -2.20. The Morgan fingerprint density at radius 1 is 1.09 bits per heavy atom. The number of imidazole rings is 2. The molecular formula is C20H29IN9O11P2+. The molecule has 2 unspecified atom stereocenters. The Morgan fingerprint density at radius 3 is 2.53 bits per heavy atom. The number of nitrogens with zero attached hydrogens (tertiary/aromatic N) is 7. The monoisotopic (exact) mass is 760 g/mol. The van der Waals surface area contributed by atoms with Gasteiger partial charge in [-0.05, 0) is 13.8 Å². The summed E-state index contributed by atoms with van der Waals surface area (Å²) in [5.41, 5.74) is 1.50. The lowest BCUT2D eigenvalue weighted by atomic mass is 10.4. The molecule has 236 valence electrons. The molecule has 0 aliphatic rings. The van der Waals surface area contributed by atoms with Crippen LogP contribution in [-0.4, -0.2) is 71.5 Å². The number of hydrogen-bond donors (Lipinski definition) is 3. The lowest BCUT2D eigenvalue weighted by molar-refractivity contribution is -0.646. The molecule has 0 spiro atoms. The molecule has 20 nitrogen and oxygen atoms in total. The zero-order chi connectivity index (χ0) is 31.2. The van der Waals surface area contributed by atoms with Crippen LogP contribution in [0.4, 0.5) is 5.82 Å². The molecule has 4 heterocycles. The molecule has 0 saturated carbocycles. The maximum Gasteiger partial charge on any atom is 0.508 e. The van der Waals surface area contributed by atoms with Crippen LogP contribution in [0.2, 0.25) is 0 Å². The predicted octanol–water partition coefficient (Wildman–Crippen LogP) is 1.71. The maximum atomic E-state index is 12.8. The van der Waals surface area contributed by atoms with E-state index in [4.69, 9.17) is 23.4 Å². The summed E-state index contributed by atoms with van der Waals surface area (Å²) >= 11 is 1.93. The Labute approximate surface area is 257 Å². The molecule has 23 heteroatoms. The summed E-state index contributed by atoms with van der Waals surface area (Å²) in [5, 5.41) is 0. The molecule has 4 rings (SSSR count). The first-order valence-electron chi connectivity index (χ1n) is 12.3. The number of aryl methyl sites for hydroxylation is 1. The normalized spacial score (nSPS) is 16.2. The van der Waals surface area contributed by atoms with E-state index in [0.29, 0.717) is 28.1 Å². The van der Waals surface area contributed by atoms with Gasteiger partial charge in [-0.25, -0.2) is 33.5 Å². The van der Waals surface area contributed by atoms with E-state index < -0.39 is 27.9 Å². The molecule has 4 aromatic rings. The Balaban J connectivity index is 1.21. The van der Waals surface area contributed by atoms with Gasteiger partial charge in [-0.15, -0.1) is 4.67 Å². The maximum absolute atomic E-state index is 12.8. The molecule has 0 radical (unpaired) electrons. The molecule has 0 bridgehead atoms. The first-order chi connectivity index (χ1) is 20.4. The summed E-state index contributed by atoms with van der Waals surface area (Å²) < 4.78 is 63.0. The van der Waals surface area contributed by atoms with Crippen molar-refractivity contribution in [1.82, 2.24) is 34.1 Å². The number of halogens is 1. The molecular weight excluding hydrogens is 731 g/mol. The van der Waals surface area contributed by atoms with Crippen LogP contribution in [-0.2, 0) is 62.0 Å². The van der Waals surface area contributed by atoms with Gasteiger partial charge in [0.1, 0.15) is 19.7 Å². The van der Waals surface area contributed by atoms with Crippen molar-refractivity contribution in [3.63, 3.8) is 0 Å². The molecule has 3 N–H and O–H groups in total. The van der Waals surface area contributed by atoms with Gasteiger partial charge in [0.05, 0.1) is 61.4 Å². The minimum atomic E-state index is -5.07. The lowest BCUT2D eigenvalue weighted by Crippen LogP contribution is -2.31. The largest absolute Gasteiger partial charge is 0.508 e. The first kappa shape index (κ1) is 33.5. The van der Waals surface area contributed by atoms with Crippen LogP contribution >= 0.6 is 38.5 Å². The fraction of sp³-hybridized carbons (Fsp3) is 0.500. The number of ether oxygens (including phenoxy) is 2. The number of fused-ring (bicyclic) bond motifs is 2. The van der Waals surface area contributed by atoms with Gasteiger partial charge in [0.15, 0.2) is 23.7 Å². The van der Waals surface area contributed by atoms with Crippen LogP contribution in [0.25, 0.3) is 22.3 Å². The van der Waals surface area contributed by atoms with Crippen molar-refractivity contribution in [3.8, 4) is 0 Å². The quantitative estimate of drug-likeness (QED) is 0.0347. The number of H-pyrrole nitrogens is 1. The van der Waals surface area contributed by atoms with Gasteiger partial charge in [-0.3, -0.25) is 18.4 Å². The second kappa shape index (κ2) is 14.6. The van der Waals surface area contributed by atoms with Crippen LogP contribution in [0.5, 0.6) is 0 Å². The van der Waals surface area contributed by atoms with Crippen LogP contribution in [0.15, 0.2) is 30.1 Å². The van der Waals surface area contributed by atoms with Gasteiger partial charge >= 0.3 is 21.2 Å². The third-order valence-corrected chi connectivity index (χ3v) is 8.92. The summed E-state index contributed by atoms with van der Waals surface area (Å²) in [6.45, 7) is 2.55. The van der Waals surface area contributed by atoms with Crippen LogP contribution < -0.4 is 13.7 Å². The summed E-state index contributed by atoms with van der Waals surface area (Å²) in [4.78, 5) is 45.9. The van der Waals surface area contributed by atoms with E-state index in [9.17, 15) is 18.8 Å². The molecule has 0 fully saturated rings. The molecule has 0 aliphatic carbocycles. The van der Waals surface area contributed by atoms with Gasteiger partial charge in [0.2, 0.25) is 6.33 Å². The second-order valence-corrected chi connectivity index (χ2v) is 12.6. The Bertz CT molecular complexity index is 1700. The van der Waals surface area contributed by atoms with Crippen molar-refractivity contribution in [2.24, 2.45) is 7.05 Å². The zero-order valence-corrected chi connectivity index (χ0v) is 27.2. The highest BCUT2D eigenvalue weighted by Crippen LogP contribution is 2.63. The van der Waals surface area contributed by atoms with Crippen LogP contribution in [0.3, 0.4) is 0 Å². The molecule has 4 atom stereocenters. The highest BCUT2D eigenvalue weighted by Gasteiger charge is 2.39. The highest BCUT2D eigenvalue weighted by molar-refractivity contribution is 14.1. The van der Waals surface area contributed by atoms with E-state index in [2.05, 4.69) is 37.4 Å². The number of hydrogen-bond acceptors (Lipinski definition) is 15. The van der Waals surface area contributed by atoms with E-state index >= 15 is 0 Å². The number of phosphoric acid groups is 2. The number of aromatic nitrogens is 8. The minimum absolute atomic E-state index is 0.0341. The minimum Gasteiger partial charge on any atom is -0.355 e. The third-order valence-electron chi connectivity index (χ3n) is 5.58. The van der Waals surface area contributed by atoms with Gasteiger partial charge in [-0.2, -0.15) is 13.9 Å². The summed E-state index contributed by atoms with van der Waals surface area (Å²) in [7, 11) is -7.01. The standard InChI is InChI=1S/C20H28IN9O11P2/c1-13(36-11-29-9-26-15-17(27-21)22-7-23-18(15)29)5-38-40-42(32,33)41-43(34,35-4)39-6-14(2)37-12-30-10-28(3)16-19(30)24-8-25-20(16)31/h7-10,13-14H,5-6,11-12H2,1-4H3,(H2-,22,23,24,25,27,31,32,33)/p+1/t13-,14-,43?/m0/s1. The molecule has 4 aromatic heterocycles. The third kappa shape index (κ3) is 8.60. The van der Waals surface area contributed by atoms with Gasteiger partial charge < -0.3 is 22.9 Å². The summed E-state index contributed by atoms with van der Waals surface area (Å²) in [5.74, 6) is 0.545. The predicted molar refractivity (Wildman–Crippen MR) is 154 cm³/mol. The Morgan fingerprint density at radius 2 is 1.81 bits per heavy atom. The van der Waals surface area contributed by atoms with E-state index in [1.165, 1.54) is 19.0 Å². The van der Waals surface area contributed by atoms with Gasteiger partial charge in [0, 0.05) is 7.11 Å². The van der Waals surface area contributed by atoms with E-state index in [1.54, 1.807) is 40.9 Å². The number of rotatable bonds is 17. The Kier molecular flexibility index (Phi) is 11.3. The highest BCUT2D eigenvalue weighted by atomic mass is 127. The van der Waals surface area contributed by atoms with Crippen molar-refractivity contribution >= 4 is 66.7 Å². The zero-order valence-electron chi connectivity index (χ0n) is 23.2. The molecule has 0 saturated heterocycles. The molecule has 0 aromatic carbocycles. The SMILES string of the molecule is COP(=O)(OC[C@H](C)OCn1c[n+](C)c2c(=O)[nH]cnc21)OP(=O)(O)OOC[C@H](C)OCn1cnc2c(NI)ncnc21. The Hall–Kier alpha value is -2.43. The van der Waals surface area contributed by atoms with Crippen molar-refractivity contribution in [1.29, 1.82) is 0 Å². The topological polar surface area (TPSA) is 229 Å². The first-order valence-corrected chi connectivity index (χ1v) is 16.3. The van der Waals surface area contributed by atoms with E-state index in [1.807, 2.05) is 22.9 Å². The smallest absolute Gasteiger partial charge is 0.355 e. The molecule has 0 amide bonds. The van der Waals surface area contributed by atoms with Gasteiger partial charge in [0.25, 0.3) is 11.2 Å². The fourth-order valence-electron chi connectivity index (χ4n) is 3.52. The number of phosphoric ester groups is 1. The summed E-state index contributed by atoms with van der Waals surface area (Å²) in [6, 6.07) is 0. The fourth-order valence-corrected chi connectivity index (χ4v) is 6.18.